The maximum absolute atomic E-state index is 13.2. The first-order chi connectivity index (χ1) is 12.6. The monoisotopic (exact) mass is 367 g/mol. The van der Waals surface area contributed by atoms with Crippen LogP contribution < -0.4 is 10.6 Å². The van der Waals surface area contributed by atoms with Crippen molar-refractivity contribution in [2.24, 2.45) is 0 Å². The fourth-order valence-electron chi connectivity index (χ4n) is 3.12. The van der Waals surface area contributed by atoms with E-state index >= 15 is 0 Å². The van der Waals surface area contributed by atoms with E-state index in [1.54, 1.807) is 23.1 Å². The average molecular weight is 368 g/mol. The number of nitrogen functional groups attached to an aromatic ring is 1. The zero-order valence-electron chi connectivity index (χ0n) is 14.9. The second-order valence-electron chi connectivity index (χ2n) is 5.89. The Bertz CT molecular complexity index is 933. The third kappa shape index (κ3) is 3.33. The molecule has 0 fully saturated rings. The minimum atomic E-state index is -0.123. The van der Waals surface area contributed by atoms with Gasteiger partial charge < -0.3 is 15.2 Å². The predicted octanol–water partition coefficient (Wildman–Crippen LogP) is 4.96. The van der Waals surface area contributed by atoms with Crippen molar-refractivity contribution in [1.82, 2.24) is 4.57 Å². The van der Waals surface area contributed by atoms with E-state index in [0.717, 1.165) is 23.5 Å². The van der Waals surface area contributed by atoms with Crippen LogP contribution in [0.5, 0.6) is 0 Å². The van der Waals surface area contributed by atoms with Gasteiger partial charge in [-0.05, 0) is 42.0 Å². The molecule has 4 nitrogen and oxygen atoms in total. The van der Waals surface area contributed by atoms with Gasteiger partial charge in [0.15, 0.2) is 0 Å². The molecule has 26 heavy (non-hydrogen) atoms. The van der Waals surface area contributed by atoms with Crippen molar-refractivity contribution in [2.45, 2.75) is 26.9 Å². The summed E-state index contributed by atoms with van der Waals surface area (Å²) >= 11 is 6.26. The quantitative estimate of drug-likeness (QED) is 0.618. The Kier molecular flexibility index (Phi) is 5.33. The number of para-hydroxylation sites is 1. The first kappa shape index (κ1) is 18.1. The van der Waals surface area contributed by atoms with Crippen molar-refractivity contribution in [2.75, 3.05) is 10.6 Å². The molecular weight excluding hydrogens is 346 g/mol. The number of amides is 1. The number of fused-ring (bicyclic) bond motifs is 2. The summed E-state index contributed by atoms with van der Waals surface area (Å²) in [7, 11) is 0. The van der Waals surface area contributed by atoms with Gasteiger partial charge in [0.05, 0.1) is 17.1 Å². The second-order valence-corrected chi connectivity index (χ2v) is 6.29. The average Bonchev–Trinajstić information content (AvgIpc) is 3.02. The SMILES string of the molecule is CC.Nc1ccc(C(=O)N2Cc3cccn3Cc3ccccc32)c(Cl)c1. The van der Waals surface area contributed by atoms with Gasteiger partial charge in [0.25, 0.3) is 5.91 Å². The minimum Gasteiger partial charge on any atom is -0.399 e. The molecule has 1 amide bonds. The molecule has 0 bridgehead atoms. The molecule has 2 heterocycles. The molecule has 1 aliphatic heterocycles. The maximum atomic E-state index is 13.2. The van der Waals surface area contributed by atoms with Crippen molar-refractivity contribution >= 4 is 28.9 Å². The van der Waals surface area contributed by atoms with Crippen molar-refractivity contribution in [3.8, 4) is 0 Å². The van der Waals surface area contributed by atoms with E-state index in [1.165, 1.54) is 0 Å². The lowest BCUT2D eigenvalue weighted by atomic mass is 10.1. The summed E-state index contributed by atoms with van der Waals surface area (Å²) in [5.74, 6) is -0.123. The summed E-state index contributed by atoms with van der Waals surface area (Å²) in [4.78, 5) is 15.0. The van der Waals surface area contributed by atoms with Gasteiger partial charge in [-0.25, -0.2) is 0 Å². The van der Waals surface area contributed by atoms with Crippen LogP contribution in [0.15, 0.2) is 60.8 Å². The molecule has 0 unspecified atom stereocenters. The highest BCUT2D eigenvalue weighted by molar-refractivity contribution is 6.34. The Labute approximate surface area is 158 Å². The molecule has 2 aromatic carbocycles. The van der Waals surface area contributed by atoms with Crippen LogP contribution in [0, 0.1) is 0 Å². The summed E-state index contributed by atoms with van der Waals surface area (Å²) in [6.07, 6.45) is 2.04. The number of benzene rings is 2. The Balaban J connectivity index is 0.000000948. The van der Waals surface area contributed by atoms with Crippen molar-refractivity contribution in [3.05, 3.63) is 82.6 Å². The second kappa shape index (κ2) is 7.67. The molecular formula is C21H22ClN3O. The van der Waals surface area contributed by atoms with Gasteiger partial charge in [-0.15, -0.1) is 0 Å². The van der Waals surface area contributed by atoms with Gasteiger partial charge in [0.2, 0.25) is 0 Å². The molecule has 0 atom stereocenters. The molecule has 0 aliphatic carbocycles. The molecule has 0 saturated heterocycles. The maximum Gasteiger partial charge on any atom is 0.260 e. The van der Waals surface area contributed by atoms with E-state index in [9.17, 15) is 4.79 Å². The van der Waals surface area contributed by atoms with Crippen LogP contribution in [0.4, 0.5) is 11.4 Å². The van der Waals surface area contributed by atoms with E-state index in [0.29, 0.717) is 22.8 Å². The van der Waals surface area contributed by atoms with Gasteiger partial charge in [0.1, 0.15) is 0 Å². The number of halogens is 1. The molecule has 1 aromatic heterocycles. The summed E-state index contributed by atoms with van der Waals surface area (Å²) in [6.45, 7) is 5.25. The van der Waals surface area contributed by atoms with Crippen LogP contribution in [0.25, 0.3) is 0 Å². The van der Waals surface area contributed by atoms with Gasteiger partial charge in [0, 0.05) is 29.8 Å². The number of aromatic nitrogens is 1. The highest BCUT2D eigenvalue weighted by Gasteiger charge is 2.25. The number of anilines is 2. The fraction of sp³-hybridized carbons (Fsp3) is 0.190. The summed E-state index contributed by atoms with van der Waals surface area (Å²) in [5, 5.41) is 0.372. The molecule has 5 heteroatoms. The first-order valence-corrected chi connectivity index (χ1v) is 9.10. The van der Waals surface area contributed by atoms with Crippen LogP contribution in [0.3, 0.4) is 0 Å². The lowest BCUT2D eigenvalue weighted by Crippen LogP contribution is -2.30. The van der Waals surface area contributed by atoms with Crippen LogP contribution in [-0.2, 0) is 13.1 Å². The van der Waals surface area contributed by atoms with E-state index in [4.69, 9.17) is 17.3 Å². The van der Waals surface area contributed by atoms with Crippen LogP contribution >= 0.6 is 11.6 Å². The topological polar surface area (TPSA) is 51.3 Å². The smallest absolute Gasteiger partial charge is 0.260 e. The Hall–Kier alpha value is -2.72. The Morgan fingerprint density at radius 1 is 1.04 bits per heavy atom. The van der Waals surface area contributed by atoms with Crippen molar-refractivity contribution < 1.29 is 4.79 Å². The molecule has 0 saturated carbocycles. The normalized spacial score (nSPS) is 12.3. The molecule has 4 rings (SSSR count). The molecule has 134 valence electrons. The van der Waals surface area contributed by atoms with Crippen molar-refractivity contribution in [1.29, 1.82) is 0 Å². The van der Waals surface area contributed by atoms with E-state index in [2.05, 4.69) is 10.6 Å². The lowest BCUT2D eigenvalue weighted by Gasteiger charge is -2.23. The third-order valence-corrected chi connectivity index (χ3v) is 4.65. The van der Waals surface area contributed by atoms with Gasteiger partial charge >= 0.3 is 0 Å². The number of carbonyl (C=O) groups is 1. The number of carbonyl (C=O) groups excluding carboxylic acids is 1. The third-order valence-electron chi connectivity index (χ3n) is 4.34. The standard InChI is InChI=1S/C19H16ClN3O.C2H6/c20-17-10-14(21)7-8-16(17)19(24)23-12-15-5-3-9-22(15)11-13-4-1-2-6-18(13)23;1-2/h1-10H,11-12,21H2;1-2H3. The van der Waals surface area contributed by atoms with E-state index < -0.39 is 0 Å². The largest absolute Gasteiger partial charge is 0.399 e. The number of rotatable bonds is 1. The highest BCUT2D eigenvalue weighted by Crippen LogP contribution is 2.30. The molecule has 0 spiro atoms. The van der Waals surface area contributed by atoms with Gasteiger partial charge in [-0.1, -0.05) is 43.6 Å². The zero-order valence-corrected chi connectivity index (χ0v) is 15.7. The Morgan fingerprint density at radius 3 is 2.58 bits per heavy atom. The van der Waals surface area contributed by atoms with E-state index in [-0.39, 0.29) is 5.91 Å². The Morgan fingerprint density at radius 2 is 1.81 bits per heavy atom. The molecule has 1 aliphatic rings. The van der Waals surface area contributed by atoms with E-state index in [1.807, 2.05) is 50.4 Å². The molecule has 3 aromatic rings. The van der Waals surface area contributed by atoms with Gasteiger partial charge in [-0.3, -0.25) is 4.79 Å². The van der Waals surface area contributed by atoms with Crippen LogP contribution in [0.1, 0.15) is 35.5 Å². The van der Waals surface area contributed by atoms with Crippen LogP contribution in [-0.4, -0.2) is 10.5 Å². The molecule has 0 radical (unpaired) electrons. The number of nitrogens with zero attached hydrogens (tertiary/aromatic N) is 2. The minimum absolute atomic E-state index is 0.123. The lowest BCUT2D eigenvalue weighted by molar-refractivity contribution is 0.0985. The van der Waals surface area contributed by atoms with Gasteiger partial charge in [-0.2, -0.15) is 0 Å². The summed E-state index contributed by atoms with van der Waals surface area (Å²) in [5.41, 5.74) is 9.86. The summed E-state index contributed by atoms with van der Waals surface area (Å²) in [6, 6.07) is 17.0. The molecule has 2 N–H and O–H groups in total. The zero-order chi connectivity index (χ0) is 18.7. The predicted molar refractivity (Wildman–Crippen MR) is 108 cm³/mol. The van der Waals surface area contributed by atoms with Crippen molar-refractivity contribution in [3.63, 3.8) is 0 Å². The highest BCUT2D eigenvalue weighted by atomic mass is 35.5. The number of hydrogen-bond donors (Lipinski definition) is 1. The number of nitrogens with two attached hydrogens (primary N) is 1. The number of hydrogen-bond acceptors (Lipinski definition) is 2. The summed E-state index contributed by atoms with van der Waals surface area (Å²) < 4.78 is 2.16. The fourth-order valence-corrected chi connectivity index (χ4v) is 3.39. The van der Waals surface area contributed by atoms with Crippen LogP contribution in [0.2, 0.25) is 5.02 Å². The first-order valence-electron chi connectivity index (χ1n) is 8.72.